The predicted molar refractivity (Wildman–Crippen MR) is 108 cm³/mol. The SMILES string of the molecule is COc1ccccc1-c1csc(NC(=O)C(C)OC(=O)c2ccc(N)cc2)n1. The van der Waals surface area contributed by atoms with Gasteiger partial charge < -0.3 is 15.2 Å². The van der Waals surface area contributed by atoms with Crippen molar-refractivity contribution in [1.82, 2.24) is 4.98 Å². The molecule has 3 rings (SSSR count). The van der Waals surface area contributed by atoms with E-state index >= 15 is 0 Å². The molecule has 0 spiro atoms. The van der Waals surface area contributed by atoms with Crippen LogP contribution >= 0.6 is 11.3 Å². The van der Waals surface area contributed by atoms with Crippen LogP contribution in [0.15, 0.2) is 53.9 Å². The van der Waals surface area contributed by atoms with Gasteiger partial charge in [-0.05, 0) is 43.3 Å². The molecule has 0 aliphatic heterocycles. The van der Waals surface area contributed by atoms with Crippen molar-refractivity contribution >= 4 is 34.0 Å². The number of methoxy groups -OCH3 is 1. The first kappa shape index (κ1) is 19.4. The van der Waals surface area contributed by atoms with Crippen molar-refractivity contribution in [1.29, 1.82) is 0 Å². The van der Waals surface area contributed by atoms with Crippen LogP contribution in [-0.2, 0) is 9.53 Å². The molecular formula is C20H19N3O4S. The lowest BCUT2D eigenvalue weighted by molar-refractivity contribution is -0.123. The largest absolute Gasteiger partial charge is 0.496 e. The van der Waals surface area contributed by atoms with E-state index in [0.29, 0.717) is 27.8 Å². The molecule has 1 heterocycles. The number of ether oxygens (including phenoxy) is 2. The summed E-state index contributed by atoms with van der Waals surface area (Å²) >= 11 is 1.27. The van der Waals surface area contributed by atoms with E-state index in [4.69, 9.17) is 15.2 Å². The van der Waals surface area contributed by atoms with Crippen LogP contribution in [0.3, 0.4) is 0 Å². The first-order chi connectivity index (χ1) is 13.5. The first-order valence-electron chi connectivity index (χ1n) is 8.44. The van der Waals surface area contributed by atoms with Crippen LogP contribution in [0, 0.1) is 0 Å². The third-order valence-corrected chi connectivity index (χ3v) is 4.67. The summed E-state index contributed by atoms with van der Waals surface area (Å²) in [6.07, 6.45) is -0.983. The number of carbonyl (C=O) groups is 2. The molecule has 3 N–H and O–H groups in total. The van der Waals surface area contributed by atoms with Crippen molar-refractivity contribution in [2.45, 2.75) is 13.0 Å². The Hall–Kier alpha value is -3.39. The highest BCUT2D eigenvalue weighted by Crippen LogP contribution is 2.31. The number of anilines is 2. The lowest BCUT2D eigenvalue weighted by Gasteiger charge is -2.12. The molecule has 1 amide bonds. The van der Waals surface area contributed by atoms with Crippen LogP contribution < -0.4 is 15.8 Å². The second-order valence-electron chi connectivity index (χ2n) is 5.90. The Balaban J connectivity index is 1.64. The molecular weight excluding hydrogens is 378 g/mol. The average molecular weight is 397 g/mol. The molecule has 8 heteroatoms. The van der Waals surface area contributed by atoms with Crippen molar-refractivity contribution in [3.05, 3.63) is 59.5 Å². The fraction of sp³-hybridized carbons (Fsp3) is 0.150. The van der Waals surface area contributed by atoms with Crippen molar-refractivity contribution in [2.75, 3.05) is 18.2 Å². The van der Waals surface area contributed by atoms with E-state index < -0.39 is 18.0 Å². The molecule has 28 heavy (non-hydrogen) atoms. The molecule has 1 atom stereocenters. The smallest absolute Gasteiger partial charge is 0.338 e. The van der Waals surface area contributed by atoms with Gasteiger partial charge >= 0.3 is 5.97 Å². The van der Waals surface area contributed by atoms with Crippen molar-refractivity contribution in [3.63, 3.8) is 0 Å². The van der Waals surface area contributed by atoms with Gasteiger partial charge in [0, 0.05) is 16.6 Å². The maximum atomic E-state index is 12.3. The normalized spacial score (nSPS) is 11.5. The van der Waals surface area contributed by atoms with Crippen molar-refractivity contribution in [3.8, 4) is 17.0 Å². The second-order valence-corrected chi connectivity index (χ2v) is 6.76. The minimum absolute atomic E-state index is 0.321. The highest BCUT2D eigenvalue weighted by atomic mass is 32.1. The number of esters is 1. The van der Waals surface area contributed by atoms with E-state index in [1.807, 2.05) is 29.6 Å². The number of nitrogens with two attached hydrogens (primary N) is 1. The number of carbonyl (C=O) groups excluding carboxylic acids is 2. The van der Waals surface area contributed by atoms with Gasteiger partial charge in [0.15, 0.2) is 11.2 Å². The maximum absolute atomic E-state index is 12.3. The van der Waals surface area contributed by atoms with Gasteiger partial charge in [0.05, 0.1) is 18.4 Å². The number of aromatic nitrogens is 1. The standard InChI is InChI=1S/C20H19N3O4S/c1-12(27-19(25)13-7-9-14(21)10-8-13)18(24)23-20-22-16(11-28-20)15-5-3-4-6-17(15)26-2/h3-12H,21H2,1-2H3,(H,22,23,24). The Kier molecular flexibility index (Phi) is 5.90. The molecule has 0 radical (unpaired) electrons. The lowest BCUT2D eigenvalue weighted by atomic mass is 10.1. The van der Waals surface area contributed by atoms with Gasteiger partial charge in [-0.25, -0.2) is 9.78 Å². The predicted octanol–water partition coefficient (Wildman–Crippen LogP) is 3.58. The maximum Gasteiger partial charge on any atom is 0.338 e. The fourth-order valence-electron chi connectivity index (χ4n) is 2.42. The van der Waals surface area contributed by atoms with Gasteiger partial charge in [-0.15, -0.1) is 11.3 Å². The quantitative estimate of drug-likeness (QED) is 0.487. The molecule has 0 aliphatic carbocycles. The van der Waals surface area contributed by atoms with E-state index in [1.165, 1.54) is 18.3 Å². The Morgan fingerprint density at radius 3 is 2.57 bits per heavy atom. The van der Waals surface area contributed by atoms with E-state index in [-0.39, 0.29) is 0 Å². The summed E-state index contributed by atoms with van der Waals surface area (Å²) in [5.74, 6) is -0.377. The highest BCUT2D eigenvalue weighted by molar-refractivity contribution is 7.14. The lowest BCUT2D eigenvalue weighted by Crippen LogP contribution is -2.29. The average Bonchev–Trinajstić information content (AvgIpc) is 3.16. The molecule has 7 nitrogen and oxygen atoms in total. The summed E-state index contributed by atoms with van der Waals surface area (Å²) in [5.41, 5.74) is 7.96. The number of para-hydroxylation sites is 1. The second kappa shape index (κ2) is 8.53. The topological polar surface area (TPSA) is 104 Å². The van der Waals surface area contributed by atoms with Gasteiger partial charge in [-0.3, -0.25) is 10.1 Å². The van der Waals surface area contributed by atoms with Gasteiger partial charge in [0.25, 0.3) is 5.91 Å². The van der Waals surface area contributed by atoms with Crippen LogP contribution in [0.4, 0.5) is 10.8 Å². The van der Waals surface area contributed by atoms with Gasteiger partial charge in [0.2, 0.25) is 0 Å². The molecule has 0 saturated heterocycles. The monoisotopic (exact) mass is 397 g/mol. The molecule has 3 aromatic rings. The third-order valence-electron chi connectivity index (χ3n) is 3.92. The Morgan fingerprint density at radius 1 is 1.14 bits per heavy atom. The van der Waals surface area contributed by atoms with Crippen LogP contribution in [0.5, 0.6) is 5.75 Å². The van der Waals surface area contributed by atoms with E-state index in [1.54, 1.807) is 31.4 Å². The van der Waals surface area contributed by atoms with Crippen LogP contribution in [-0.4, -0.2) is 30.1 Å². The van der Waals surface area contributed by atoms with Gasteiger partial charge in [-0.2, -0.15) is 0 Å². The Labute approximate surface area is 166 Å². The van der Waals surface area contributed by atoms with Crippen molar-refractivity contribution in [2.24, 2.45) is 0 Å². The molecule has 0 saturated carbocycles. The number of hydrogen-bond donors (Lipinski definition) is 2. The number of thiazole rings is 1. The molecule has 0 fully saturated rings. The first-order valence-corrected chi connectivity index (χ1v) is 9.32. The minimum Gasteiger partial charge on any atom is -0.496 e. The van der Waals surface area contributed by atoms with Crippen LogP contribution in [0.25, 0.3) is 11.3 Å². The number of hydrogen-bond acceptors (Lipinski definition) is 7. The van der Waals surface area contributed by atoms with E-state index in [9.17, 15) is 9.59 Å². The summed E-state index contributed by atoms with van der Waals surface area (Å²) in [6.45, 7) is 1.50. The zero-order valence-corrected chi connectivity index (χ0v) is 16.2. The third kappa shape index (κ3) is 4.47. The van der Waals surface area contributed by atoms with Crippen molar-refractivity contribution < 1.29 is 19.1 Å². The van der Waals surface area contributed by atoms with Crippen LogP contribution in [0.2, 0.25) is 0 Å². The zero-order valence-electron chi connectivity index (χ0n) is 15.3. The minimum atomic E-state index is -0.983. The summed E-state index contributed by atoms with van der Waals surface area (Å²) in [4.78, 5) is 28.9. The molecule has 2 aromatic carbocycles. The Morgan fingerprint density at radius 2 is 1.86 bits per heavy atom. The molecule has 0 aliphatic rings. The molecule has 0 bridgehead atoms. The number of rotatable bonds is 6. The molecule has 1 unspecified atom stereocenters. The Bertz CT molecular complexity index is 985. The fourth-order valence-corrected chi connectivity index (χ4v) is 3.13. The highest BCUT2D eigenvalue weighted by Gasteiger charge is 2.20. The summed E-state index contributed by atoms with van der Waals surface area (Å²) in [5, 5.41) is 4.89. The molecule has 144 valence electrons. The number of nitrogens with zero attached hydrogens (tertiary/aromatic N) is 1. The molecule has 1 aromatic heterocycles. The summed E-state index contributed by atoms with van der Waals surface area (Å²) in [7, 11) is 1.59. The number of nitrogen functional groups attached to an aromatic ring is 1. The van der Waals surface area contributed by atoms with Gasteiger partial charge in [-0.1, -0.05) is 12.1 Å². The number of amides is 1. The van der Waals surface area contributed by atoms with E-state index in [0.717, 1.165) is 5.56 Å². The summed E-state index contributed by atoms with van der Waals surface area (Å²) in [6, 6.07) is 13.8. The van der Waals surface area contributed by atoms with E-state index in [2.05, 4.69) is 10.3 Å². The number of nitrogens with one attached hydrogen (secondary N) is 1. The van der Waals surface area contributed by atoms with Gasteiger partial charge in [0.1, 0.15) is 5.75 Å². The van der Waals surface area contributed by atoms with Crippen LogP contribution in [0.1, 0.15) is 17.3 Å². The zero-order chi connectivity index (χ0) is 20.1. The number of benzene rings is 2. The summed E-state index contributed by atoms with van der Waals surface area (Å²) < 4.78 is 10.5.